The van der Waals surface area contributed by atoms with Crippen LogP contribution in [0.1, 0.15) is 0 Å². The van der Waals surface area contributed by atoms with Crippen molar-refractivity contribution in [3.63, 3.8) is 0 Å². The van der Waals surface area contributed by atoms with E-state index in [9.17, 15) is 10.2 Å². The first kappa shape index (κ1) is 15.7. The molecule has 2 N–H and O–H groups in total. The van der Waals surface area contributed by atoms with Gasteiger partial charge in [0.25, 0.3) is 5.89 Å². The molecule has 0 radical (unpaired) electrons. The molecule has 128 valence electrons. The molecule has 0 atom stereocenters. The Kier molecular flexibility index (Phi) is 3.99. The summed E-state index contributed by atoms with van der Waals surface area (Å²) in [6.45, 7) is 0. The van der Waals surface area contributed by atoms with Gasteiger partial charge in [0.1, 0.15) is 23.0 Å². The fraction of sp³-hybridized carbons (Fsp3) is 0. The van der Waals surface area contributed by atoms with Crippen molar-refractivity contribution >= 4 is 0 Å². The molecule has 6 heteroatoms. The second kappa shape index (κ2) is 6.60. The lowest BCUT2D eigenvalue weighted by Gasteiger charge is -2.05. The Bertz CT molecular complexity index is 1010. The lowest BCUT2D eigenvalue weighted by atomic mass is 10.2. The molecule has 1 heterocycles. The van der Waals surface area contributed by atoms with Crippen LogP contribution in [0.5, 0.6) is 23.0 Å². The van der Waals surface area contributed by atoms with E-state index in [1.165, 1.54) is 0 Å². The zero-order chi connectivity index (χ0) is 17.9. The molecule has 0 fully saturated rings. The summed E-state index contributed by atoms with van der Waals surface area (Å²) in [7, 11) is 0. The summed E-state index contributed by atoms with van der Waals surface area (Å²) in [5, 5.41) is 22.6. The van der Waals surface area contributed by atoms with Gasteiger partial charge in [0, 0.05) is 11.1 Å². The summed E-state index contributed by atoms with van der Waals surface area (Å²) in [5.41, 5.74) is 1.52. The monoisotopic (exact) mass is 346 g/mol. The average Bonchev–Trinajstić information content (AvgIpc) is 3.15. The molecule has 0 unspecified atom stereocenters. The highest BCUT2D eigenvalue weighted by Gasteiger charge is 2.11. The number of benzene rings is 3. The van der Waals surface area contributed by atoms with E-state index in [0.29, 0.717) is 23.2 Å². The third-order valence-electron chi connectivity index (χ3n) is 3.73. The van der Waals surface area contributed by atoms with Crippen LogP contribution in [0.2, 0.25) is 0 Å². The molecule has 0 amide bonds. The number of nitrogens with zero attached hydrogens (tertiary/aromatic N) is 2. The topological polar surface area (TPSA) is 88.6 Å². The van der Waals surface area contributed by atoms with Gasteiger partial charge < -0.3 is 19.5 Å². The zero-order valence-corrected chi connectivity index (χ0v) is 13.5. The summed E-state index contributed by atoms with van der Waals surface area (Å²) in [6, 6.07) is 20.3. The van der Waals surface area contributed by atoms with Crippen LogP contribution < -0.4 is 4.74 Å². The minimum absolute atomic E-state index is 0.178. The lowest BCUT2D eigenvalue weighted by Crippen LogP contribution is -1.85. The SMILES string of the molecule is Oc1ccc(Oc2ccc(-c3noc(-c4ccc(O)cc4)n3)cc2)cc1. The summed E-state index contributed by atoms with van der Waals surface area (Å²) in [5.74, 6) is 2.49. The first-order valence-electron chi connectivity index (χ1n) is 7.88. The van der Waals surface area contributed by atoms with Gasteiger partial charge in [-0.1, -0.05) is 5.16 Å². The minimum Gasteiger partial charge on any atom is -0.508 e. The van der Waals surface area contributed by atoms with Crippen LogP contribution in [0, 0.1) is 0 Å². The van der Waals surface area contributed by atoms with Crippen molar-refractivity contribution in [3.8, 4) is 45.8 Å². The van der Waals surface area contributed by atoms with Crippen LogP contribution in [0.25, 0.3) is 22.8 Å². The normalized spacial score (nSPS) is 10.6. The van der Waals surface area contributed by atoms with E-state index in [2.05, 4.69) is 10.1 Å². The molecule has 26 heavy (non-hydrogen) atoms. The van der Waals surface area contributed by atoms with Gasteiger partial charge in [0.05, 0.1) is 0 Å². The van der Waals surface area contributed by atoms with Crippen molar-refractivity contribution in [2.75, 3.05) is 0 Å². The van der Waals surface area contributed by atoms with Crippen molar-refractivity contribution in [3.05, 3.63) is 72.8 Å². The molecule has 0 saturated heterocycles. The molecule has 3 aromatic carbocycles. The van der Waals surface area contributed by atoms with Crippen molar-refractivity contribution in [2.45, 2.75) is 0 Å². The number of rotatable bonds is 4. The molecule has 4 rings (SSSR count). The number of phenolic OH excluding ortho intramolecular Hbond substituents is 2. The highest BCUT2D eigenvalue weighted by atomic mass is 16.5. The van der Waals surface area contributed by atoms with Crippen molar-refractivity contribution in [2.24, 2.45) is 0 Å². The number of aromatic hydroxyl groups is 2. The van der Waals surface area contributed by atoms with E-state index in [-0.39, 0.29) is 11.5 Å². The smallest absolute Gasteiger partial charge is 0.258 e. The quantitative estimate of drug-likeness (QED) is 0.561. The Hall–Kier alpha value is -3.80. The van der Waals surface area contributed by atoms with Crippen molar-refractivity contribution in [1.29, 1.82) is 0 Å². The Morgan fingerprint density at radius 3 is 1.77 bits per heavy atom. The van der Waals surface area contributed by atoms with Gasteiger partial charge in [-0.25, -0.2) is 0 Å². The Balaban J connectivity index is 1.52. The molecule has 6 nitrogen and oxygen atoms in total. The fourth-order valence-electron chi connectivity index (χ4n) is 2.38. The molecule has 0 bridgehead atoms. The van der Waals surface area contributed by atoms with E-state index in [4.69, 9.17) is 9.26 Å². The van der Waals surface area contributed by atoms with Crippen LogP contribution in [0.15, 0.2) is 77.3 Å². The summed E-state index contributed by atoms with van der Waals surface area (Å²) in [6.07, 6.45) is 0. The Morgan fingerprint density at radius 2 is 1.15 bits per heavy atom. The van der Waals surface area contributed by atoms with Crippen molar-refractivity contribution < 1.29 is 19.5 Å². The molecule has 1 aromatic heterocycles. The van der Waals surface area contributed by atoms with E-state index in [1.807, 2.05) is 12.1 Å². The molecule has 0 aliphatic rings. The summed E-state index contributed by atoms with van der Waals surface area (Å²) in [4.78, 5) is 4.38. The second-order valence-electron chi connectivity index (χ2n) is 5.59. The minimum atomic E-state index is 0.178. The standard InChI is InChI=1S/C20H14N2O4/c23-15-5-1-14(2-6-15)20-21-19(22-26-20)13-3-9-17(10-4-13)25-18-11-7-16(24)8-12-18/h1-12,23-24H. The molecule has 0 saturated carbocycles. The van der Waals surface area contributed by atoms with E-state index >= 15 is 0 Å². The van der Waals surface area contributed by atoms with Gasteiger partial charge in [-0.15, -0.1) is 0 Å². The summed E-state index contributed by atoms with van der Waals surface area (Å²) >= 11 is 0. The molecule has 0 spiro atoms. The first-order chi connectivity index (χ1) is 12.7. The van der Waals surface area contributed by atoms with Crippen LogP contribution in [0.3, 0.4) is 0 Å². The van der Waals surface area contributed by atoms with Gasteiger partial charge in [0.15, 0.2) is 0 Å². The molecular weight excluding hydrogens is 332 g/mol. The third kappa shape index (κ3) is 3.34. The number of hydrogen-bond donors (Lipinski definition) is 2. The highest BCUT2D eigenvalue weighted by Crippen LogP contribution is 2.27. The maximum atomic E-state index is 9.34. The highest BCUT2D eigenvalue weighted by molar-refractivity contribution is 5.61. The maximum Gasteiger partial charge on any atom is 0.258 e. The van der Waals surface area contributed by atoms with Gasteiger partial charge in [0.2, 0.25) is 5.82 Å². The maximum absolute atomic E-state index is 9.34. The largest absolute Gasteiger partial charge is 0.508 e. The Morgan fingerprint density at radius 1 is 0.654 bits per heavy atom. The molecular formula is C20H14N2O4. The van der Waals surface area contributed by atoms with Gasteiger partial charge in [-0.05, 0) is 72.8 Å². The van der Waals surface area contributed by atoms with Crippen LogP contribution in [-0.4, -0.2) is 20.4 Å². The first-order valence-corrected chi connectivity index (χ1v) is 7.88. The van der Waals surface area contributed by atoms with E-state index in [1.54, 1.807) is 60.7 Å². The lowest BCUT2D eigenvalue weighted by molar-refractivity contribution is 0.432. The predicted octanol–water partition coefficient (Wildman–Crippen LogP) is 4.61. The predicted molar refractivity (Wildman–Crippen MR) is 95.0 cm³/mol. The van der Waals surface area contributed by atoms with Gasteiger partial charge in [-0.3, -0.25) is 0 Å². The van der Waals surface area contributed by atoms with Crippen LogP contribution >= 0.6 is 0 Å². The second-order valence-corrected chi connectivity index (χ2v) is 5.59. The number of phenols is 2. The number of ether oxygens (including phenoxy) is 1. The molecule has 4 aromatic rings. The fourth-order valence-corrected chi connectivity index (χ4v) is 2.38. The number of aromatic nitrogens is 2. The Labute approximate surface area is 148 Å². The third-order valence-corrected chi connectivity index (χ3v) is 3.73. The van der Waals surface area contributed by atoms with E-state index in [0.717, 1.165) is 11.1 Å². The number of hydrogen-bond acceptors (Lipinski definition) is 6. The van der Waals surface area contributed by atoms with Crippen molar-refractivity contribution in [1.82, 2.24) is 10.1 Å². The van der Waals surface area contributed by atoms with E-state index < -0.39 is 0 Å². The summed E-state index contributed by atoms with van der Waals surface area (Å²) < 4.78 is 11.0. The average molecular weight is 346 g/mol. The van der Waals surface area contributed by atoms with Crippen LogP contribution in [0.4, 0.5) is 0 Å². The van der Waals surface area contributed by atoms with Crippen LogP contribution in [-0.2, 0) is 0 Å². The molecule has 0 aliphatic heterocycles. The van der Waals surface area contributed by atoms with Gasteiger partial charge >= 0.3 is 0 Å². The van der Waals surface area contributed by atoms with Gasteiger partial charge in [-0.2, -0.15) is 4.98 Å². The zero-order valence-electron chi connectivity index (χ0n) is 13.5. The molecule has 0 aliphatic carbocycles.